The number of hydrogen-bond acceptors (Lipinski definition) is 14. The van der Waals surface area contributed by atoms with Crippen LogP contribution < -0.4 is 28.7 Å². The first kappa shape index (κ1) is 51.2. The maximum absolute atomic E-state index is 18.1. The number of aliphatic hydroxyl groups excluding tert-OH is 1. The molecule has 10 rings (SSSR count). The summed E-state index contributed by atoms with van der Waals surface area (Å²) in [7, 11) is 3.05. The number of hydrogen-bond donors (Lipinski definition) is 1. The van der Waals surface area contributed by atoms with E-state index >= 15 is 22.0 Å². The van der Waals surface area contributed by atoms with E-state index in [2.05, 4.69) is 14.9 Å². The number of anilines is 2. The van der Waals surface area contributed by atoms with Crippen LogP contribution in [-0.4, -0.2) is 132 Å². The van der Waals surface area contributed by atoms with Gasteiger partial charge >= 0.3 is 18.3 Å². The topological polar surface area (TPSA) is 144 Å². The molecule has 2 bridgehead atoms. The first-order valence-corrected chi connectivity index (χ1v) is 25.1. The van der Waals surface area contributed by atoms with Crippen molar-refractivity contribution in [1.29, 1.82) is 0 Å². The molecule has 15 nitrogen and oxygen atoms in total. The Morgan fingerprint density at radius 3 is 2.18 bits per heavy atom. The van der Waals surface area contributed by atoms with Gasteiger partial charge < -0.3 is 43.3 Å². The third kappa shape index (κ3) is 10.0. The van der Waals surface area contributed by atoms with Gasteiger partial charge in [0, 0.05) is 50.2 Å². The Bertz CT molecular complexity index is 2850. The van der Waals surface area contributed by atoms with E-state index in [0.717, 1.165) is 25.8 Å². The number of amides is 1. The molecule has 2 aromatic heterocycles. The van der Waals surface area contributed by atoms with Crippen molar-refractivity contribution in [3.8, 4) is 34.6 Å². The molecule has 396 valence electrons. The number of aromatic nitrogens is 3. The number of pyridine rings is 1. The number of nitrogens with zero attached hydrogens (tertiary/aromatic N) is 7. The summed E-state index contributed by atoms with van der Waals surface area (Å²) >= 11 is 0. The van der Waals surface area contributed by atoms with Crippen LogP contribution in [0, 0.1) is 24.0 Å². The minimum atomic E-state index is -5.19. The lowest BCUT2D eigenvalue weighted by molar-refractivity contribution is -0.137. The minimum absolute atomic E-state index is 0.0239. The lowest BCUT2D eigenvalue weighted by Gasteiger charge is -2.48. The molecule has 0 radical (unpaired) electrons. The minimum Gasteiger partial charge on any atom is -0.497 e. The standard InChI is InChI=1S/C54H62F5N7O8/c1-30-42(54(57,58)59)38(22-40(43(30)55)64(23-32-8-13-35(69-6)14-9-32)24-33-10-15-36(70-7)16-11-33)45-44(56)46-41-48(62-50(61-46)72-29-53(18-19-53)28-63-20-21-71-37(26-63)27-67)65-25-34-12-17-39(47(65)31(2)73-49(41)60-45)66(34)51(68)74-52(3,4)5/h8-11,13-16,22,31,34,37,39,47,67H,12,17-21,23-29H2,1-7H3/t31-,34+,37-,39-,47+/m0/s1. The van der Waals surface area contributed by atoms with Gasteiger partial charge in [0.1, 0.15) is 51.4 Å². The molecule has 5 aromatic rings. The molecule has 4 fully saturated rings. The number of carbonyl (C=O) groups excluding carboxylic acids is 1. The Labute approximate surface area is 426 Å². The summed E-state index contributed by atoms with van der Waals surface area (Å²) in [4.78, 5) is 35.6. The van der Waals surface area contributed by atoms with Gasteiger partial charge in [-0.25, -0.2) is 18.6 Å². The molecular formula is C54H62F5N7O8. The van der Waals surface area contributed by atoms with Crippen LogP contribution in [0.1, 0.15) is 75.6 Å². The normalized spacial score (nSPS) is 22.2. The van der Waals surface area contributed by atoms with Gasteiger partial charge in [0.05, 0.1) is 69.5 Å². The van der Waals surface area contributed by atoms with Gasteiger partial charge in [-0.05, 0) is 107 Å². The second kappa shape index (κ2) is 19.8. The zero-order chi connectivity index (χ0) is 52.4. The number of ether oxygens (including phenoxy) is 6. The molecular weight excluding hydrogens is 970 g/mol. The number of methoxy groups -OCH3 is 2. The average Bonchev–Trinajstić information content (AvgIpc) is 4.08. The smallest absolute Gasteiger partial charge is 0.417 e. The van der Waals surface area contributed by atoms with E-state index in [9.17, 15) is 9.90 Å². The fraction of sp³-hybridized carbons (Fsp3) is 0.519. The average molecular weight is 1030 g/mol. The highest BCUT2D eigenvalue weighted by Crippen LogP contribution is 2.51. The predicted octanol–water partition coefficient (Wildman–Crippen LogP) is 9.11. The fourth-order valence-corrected chi connectivity index (χ4v) is 11.2. The van der Waals surface area contributed by atoms with Crippen molar-refractivity contribution in [2.24, 2.45) is 5.41 Å². The monoisotopic (exact) mass is 1030 g/mol. The van der Waals surface area contributed by atoms with Crippen molar-refractivity contribution >= 4 is 28.5 Å². The molecule has 0 unspecified atom stereocenters. The molecule has 1 saturated carbocycles. The maximum atomic E-state index is 18.1. The molecule has 4 aliphatic heterocycles. The summed E-state index contributed by atoms with van der Waals surface area (Å²) < 4.78 is 118. The third-order valence-electron chi connectivity index (χ3n) is 14.9. The number of rotatable bonds is 14. The van der Waals surface area contributed by atoms with Crippen molar-refractivity contribution < 1.29 is 60.3 Å². The van der Waals surface area contributed by atoms with Gasteiger partial charge in [0.15, 0.2) is 5.82 Å². The lowest BCUT2D eigenvalue weighted by Crippen LogP contribution is -2.65. The number of piperazine rings is 1. The predicted molar refractivity (Wildman–Crippen MR) is 265 cm³/mol. The van der Waals surface area contributed by atoms with E-state index < -0.39 is 75.6 Å². The van der Waals surface area contributed by atoms with Crippen molar-refractivity contribution in [2.75, 3.05) is 70.0 Å². The Hall–Kier alpha value is -6.25. The van der Waals surface area contributed by atoms with Crippen molar-refractivity contribution in [1.82, 2.24) is 24.8 Å². The molecule has 3 aromatic carbocycles. The van der Waals surface area contributed by atoms with Gasteiger partial charge in [-0.3, -0.25) is 9.80 Å². The highest BCUT2D eigenvalue weighted by atomic mass is 19.4. The van der Waals surface area contributed by atoms with E-state index in [-0.39, 0.29) is 79.2 Å². The van der Waals surface area contributed by atoms with Crippen LogP contribution in [0.2, 0.25) is 0 Å². The molecule has 6 heterocycles. The quantitative estimate of drug-likeness (QED) is 0.106. The Kier molecular flexibility index (Phi) is 13.7. The summed E-state index contributed by atoms with van der Waals surface area (Å²) in [5.41, 5.74) is -4.00. The maximum Gasteiger partial charge on any atom is 0.417 e. The van der Waals surface area contributed by atoms with Crippen LogP contribution >= 0.6 is 0 Å². The third-order valence-corrected chi connectivity index (χ3v) is 14.9. The zero-order valence-electron chi connectivity index (χ0n) is 42.6. The highest BCUT2D eigenvalue weighted by molar-refractivity contribution is 5.98. The fourth-order valence-electron chi connectivity index (χ4n) is 11.2. The second-order valence-electron chi connectivity index (χ2n) is 21.3. The highest BCUT2D eigenvalue weighted by Gasteiger charge is 2.54. The SMILES string of the molecule is COc1ccc(CN(Cc2ccc(OC)cc2)c2cc(-c3nc4c5c(nc(OCC6(CN7CCO[C@H](CO)C7)CC6)nc5c3F)N3C[C@H]5CC[C@@H]([C@H]3[C@H](C)O4)N5C(=O)OC(C)(C)C)c(C(F)(F)F)c(C)c2F)cc1. The summed E-state index contributed by atoms with van der Waals surface area (Å²) in [6, 6.07) is 13.4. The van der Waals surface area contributed by atoms with Gasteiger partial charge in [-0.15, -0.1) is 0 Å². The van der Waals surface area contributed by atoms with Crippen LogP contribution in [0.3, 0.4) is 0 Å². The zero-order valence-corrected chi connectivity index (χ0v) is 42.6. The Morgan fingerprint density at radius 1 is 0.919 bits per heavy atom. The Balaban J connectivity index is 1.12. The summed E-state index contributed by atoms with van der Waals surface area (Å²) in [5.74, 6) is -1.24. The number of morpholine rings is 1. The van der Waals surface area contributed by atoms with E-state index in [4.69, 9.17) is 33.4 Å². The first-order chi connectivity index (χ1) is 35.3. The number of benzene rings is 3. The van der Waals surface area contributed by atoms with E-state index in [0.29, 0.717) is 61.7 Å². The molecule has 5 aliphatic rings. The molecule has 3 saturated heterocycles. The summed E-state index contributed by atoms with van der Waals surface area (Å²) in [6.45, 7) is 10.9. The first-order valence-electron chi connectivity index (χ1n) is 25.1. The number of aliphatic hydroxyl groups is 1. The molecule has 74 heavy (non-hydrogen) atoms. The molecule has 20 heteroatoms. The molecule has 0 spiro atoms. The van der Waals surface area contributed by atoms with Crippen LogP contribution in [0.25, 0.3) is 22.2 Å². The molecule has 1 N–H and O–H groups in total. The summed E-state index contributed by atoms with van der Waals surface area (Å²) in [5, 5.41) is 9.82. The van der Waals surface area contributed by atoms with Crippen LogP contribution in [0.5, 0.6) is 23.4 Å². The van der Waals surface area contributed by atoms with Gasteiger partial charge in [-0.1, -0.05) is 24.3 Å². The largest absolute Gasteiger partial charge is 0.497 e. The van der Waals surface area contributed by atoms with Crippen LogP contribution in [0.15, 0.2) is 54.6 Å². The lowest BCUT2D eigenvalue weighted by atomic mass is 9.95. The van der Waals surface area contributed by atoms with E-state index in [1.165, 1.54) is 14.2 Å². The number of alkyl halides is 3. The van der Waals surface area contributed by atoms with Crippen molar-refractivity contribution in [3.63, 3.8) is 0 Å². The van der Waals surface area contributed by atoms with Crippen LogP contribution in [0.4, 0.5) is 38.3 Å². The second-order valence-corrected chi connectivity index (χ2v) is 21.3. The number of carbonyl (C=O) groups is 1. The van der Waals surface area contributed by atoms with E-state index in [1.54, 1.807) is 86.0 Å². The van der Waals surface area contributed by atoms with Crippen LogP contribution in [-0.2, 0) is 28.7 Å². The number of fused-ring (bicyclic) bond motifs is 5. The van der Waals surface area contributed by atoms with Gasteiger partial charge in [0.2, 0.25) is 5.88 Å². The Morgan fingerprint density at radius 2 is 1.58 bits per heavy atom. The summed E-state index contributed by atoms with van der Waals surface area (Å²) in [6.07, 6.45) is -3.91. The molecule has 5 atom stereocenters. The van der Waals surface area contributed by atoms with Gasteiger partial charge in [-0.2, -0.15) is 23.1 Å². The van der Waals surface area contributed by atoms with Crippen molar-refractivity contribution in [3.05, 3.63) is 88.5 Å². The molecule has 1 amide bonds. The molecule has 1 aliphatic carbocycles. The number of halogens is 5. The van der Waals surface area contributed by atoms with Crippen molar-refractivity contribution in [2.45, 2.75) is 116 Å². The van der Waals surface area contributed by atoms with E-state index in [1.807, 2.05) is 4.90 Å². The van der Waals surface area contributed by atoms with Gasteiger partial charge in [0.25, 0.3) is 0 Å².